The van der Waals surface area contributed by atoms with Crippen LogP contribution in [0.15, 0.2) is 72.9 Å². The summed E-state index contributed by atoms with van der Waals surface area (Å²) in [5.41, 5.74) is 5.33. The number of carbonyl (C=O) groups excluding carboxylic acids is 2. The highest BCUT2D eigenvalue weighted by Crippen LogP contribution is 2.43. The van der Waals surface area contributed by atoms with Crippen LogP contribution in [-0.4, -0.2) is 59.9 Å². The Hall–Kier alpha value is -3.08. The number of unbranched alkanes of at least 4 members (excludes halogenated alkanes) is 16. The summed E-state index contributed by atoms with van der Waals surface area (Å²) in [6.07, 6.45) is 48.3. The number of rotatable bonds is 40. The lowest BCUT2D eigenvalue weighted by atomic mass is 10.0. The van der Waals surface area contributed by atoms with E-state index in [1.54, 1.807) is 0 Å². The number of carboxylic acids is 1. The second kappa shape index (κ2) is 40.7. The topological polar surface area (TPSA) is 172 Å². The third-order valence-electron chi connectivity index (χ3n) is 9.01. The number of ether oxygens (including phenoxy) is 2. The normalized spacial score (nSPS) is 14.4. The van der Waals surface area contributed by atoms with Crippen LogP contribution >= 0.6 is 7.82 Å². The van der Waals surface area contributed by atoms with Gasteiger partial charge in [-0.05, 0) is 64.2 Å². The number of allylic oxidation sites excluding steroid dienone is 12. The third kappa shape index (κ3) is 39.7. The molecule has 0 amide bonds. The molecule has 332 valence electrons. The number of carboxylic acid groups (broad SMARTS) is 1. The fraction of sp³-hybridized carbons (Fsp3) is 0.674. The number of hydrogen-bond acceptors (Lipinski definition) is 9. The maximum Gasteiger partial charge on any atom is 0.472 e. The molecule has 0 saturated carbocycles. The van der Waals surface area contributed by atoms with Gasteiger partial charge in [0.25, 0.3) is 0 Å². The highest BCUT2D eigenvalue weighted by atomic mass is 31.2. The van der Waals surface area contributed by atoms with Crippen molar-refractivity contribution in [3.8, 4) is 0 Å². The van der Waals surface area contributed by atoms with Gasteiger partial charge in [0.1, 0.15) is 12.6 Å². The van der Waals surface area contributed by atoms with Crippen molar-refractivity contribution in [2.24, 2.45) is 5.73 Å². The van der Waals surface area contributed by atoms with Crippen LogP contribution in [0.1, 0.15) is 168 Å². The lowest BCUT2D eigenvalue weighted by molar-refractivity contribution is -0.161. The molecule has 12 heteroatoms. The molecule has 0 bridgehead atoms. The third-order valence-corrected chi connectivity index (χ3v) is 9.96. The quantitative estimate of drug-likeness (QED) is 0.0176. The molecule has 2 unspecified atom stereocenters. The summed E-state index contributed by atoms with van der Waals surface area (Å²) < 4.78 is 32.7. The second-order valence-electron chi connectivity index (χ2n) is 14.5. The molecule has 0 aromatic rings. The molecular weight excluding hydrogens is 757 g/mol. The van der Waals surface area contributed by atoms with Gasteiger partial charge >= 0.3 is 25.7 Å². The number of aliphatic carboxylic acids is 1. The average molecular weight is 836 g/mol. The molecule has 0 saturated heterocycles. The Balaban J connectivity index is 4.31. The molecule has 0 aliphatic carbocycles. The predicted octanol–water partition coefficient (Wildman–Crippen LogP) is 11.7. The molecule has 11 nitrogen and oxygen atoms in total. The summed E-state index contributed by atoms with van der Waals surface area (Å²) in [7, 11) is -4.73. The van der Waals surface area contributed by atoms with E-state index in [0.29, 0.717) is 12.8 Å². The summed E-state index contributed by atoms with van der Waals surface area (Å²) in [6.45, 7) is 2.53. The van der Waals surface area contributed by atoms with E-state index in [1.807, 2.05) is 24.3 Å². The Morgan fingerprint density at radius 1 is 0.552 bits per heavy atom. The van der Waals surface area contributed by atoms with Crippen LogP contribution in [0, 0.1) is 0 Å². The molecule has 0 aromatic heterocycles. The first-order valence-corrected chi connectivity index (χ1v) is 23.5. The van der Waals surface area contributed by atoms with Gasteiger partial charge in [0.15, 0.2) is 6.10 Å². The highest BCUT2D eigenvalue weighted by Gasteiger charge is 2.28. The molecule has 58 heavy (non-hydrogen) atoms. The van der Waals surface area contributed by atoms with Gasteiger partial charge in [-0.1, -0.05) is 164 Å². The van der Waals surface area contributed by atoms with E-state index in [1.165, 1.54) is 44.9 Å². The molecule has 0 radical (unpaired) electrons. The summed E-state index contributed by atoms with van der Waals surface area (Å²) in [5.74, 6) is -2.42. The van der Waals surface area contributed by atoms with Crippen LogP contribution in [0.5, 0.6) is 0 Å². The second-order valence-corrected chi connectivity index (χ2v) is 15.9. The first kappa shape index (κ1) is 54.9. The van der Waals surface area contributed by atoms with Crippen LogP contribution < -0.4 is 5.73 Å². The van der Waals surface area contributed by atoms with Gasteiger partial charge in [0.05, 0.1) is 13.2 Å². The largest absolute Gasteiger partial charge is 0.480 e. The minimum atomic E-state index is -4.73. The van der Waals surface area contributed by atoms with Gasteiger partial charge in [0.2, 0.25) is 0 Å². The molecule has 0 heterocycles. The van der Waals surface area contributed by atoms with Crippen molar-refractivity contribution in [3.63, 3.8) is 0 Å². The molecular formula is C46H78NO10P. The molecule has 0 aromatic carbocycles. The molecule has 0 spiro atoms. The first-order chi connectivity index (χ1) is 28.1. The van der Waals surface area contributed by atoms with Gasteiger partial charge < -0.3 is 25.2 Å². The zero-order valence-corrected chi connectivity index (χ0v) is 36.8. The molecule has 0 fully saturated rings. The fourth-order valence-electron chi connectivity index (χ4n) is 5.61. The van der Waals surface area contributed by atoms with Crippen LogP contribution in [0.2, 0.25) is 0 Å². The summed E-state index contributed by atoms with van der Waals surface area (Å²) in [6, 6.07) is -1.53. The highest BCUT2D eigenvalue weighted by molar-refractivity contribution is 7.47. The average Bonchev–Trinajstić information content (AvgIpc) is 3.20. The van der Waals surface area contributed by atoms with E-state index in [9.17, 15) is 23.8 Å². The van der Waals surface area contributed by atoms with E-state index < -0.39 is 51.1 Å². The van der Waals surface area contributed by atoms with Gasteiger partial charge in [-0.2, -0.15) is 0 Å². The molecule has 0 aliphatic heterocycles. The van der Waals surface area contributed by atoms with Crippen LogP contribution in [0.3, 0.4) is 0 Å². The van der Waals surface area contributed by atoms with E-state index in [2.05, 4.69) is 67.0 Å². The Morgan fingerprint density at radius 2 is 1.00 bits per heavy atom. The zero-order chi connectivity index (χ0) is 42.8. The van der Waals surface area contributed by atoms with Gasteiger partial charge in [-0.15, -0.1) is 0 Å². The fourth-order valence-corrected chi connectivity index (χ4v) is 6.39. The van der Waals surface area contributed by atoms with Gasteiger partial charge in [-0.25, -0.2) is 4.57 Å². The van der Waals surface area contributed by atoms with E-state index in [0.717, 1.165) is 83.5 Å². The minimum Gasteiger partial charge on any atom is -0.480 e. The number of esters is 2. The lowest BCUT2D eigenvalue weighted by Gasteiger charge is -2.20. The summed E-state index contributed by atoms with van der Waals surface area (Å²) >= 11 is 0. The number of hydrogen-bond donors (Lipinski definition) is 3. The molecule has 4 N–H and O–H groups in total. The minimum absolute atomic E-state index is 0.134. The lowest BCUT2D eigenvalue weighted by Crippen LogP contribution is -2.34. The van der Waals surface area contributed by atoms with Crippen molar-refractivity contribution in [1.82, 2.24) is 0 Å². The maximum atomic E-state index is 12.6. The summed E-state index contributed by atoms with van der Waals surface area (Å²) in [5, 5.41) is 8.89. The van der Waals surface area contributed by atoms with Crippen molar-refractivity contribution >= 4 is 25.7 Å². The van der Waals surface area contributed by atoms with Crippen LogP contribution in [0.25, 0.3) is 0 Å². The Labute approximate surface area is 350 Å². The SMILES string of the molecule is CC/C=C/C=C/C=C/CCCCCCCC(=O)OC(COC(=O)CCCCCCCCCCCCC/C=C/C/C=C/C/C=C/CC)COP(=O)(O)OC[C@H](N)C(=O)O. The van der Waals surface area contributed by atoms with Crippen LogP contribution in [-0.2, 0) is 37.5 Å². The van der Waals surface area contributed by atoms with Crippen molar-refractivity contribution in [3.05, 3.63) is 72.9 Å². The Morgan fingerprint density at radius 3 is 1.55 bits per heavy atom. The van der Waals surface area contributed by atoms with Gasteiger partial charge in [-0.3, -0.25) is 23.4 Å². The molecule has 0 rings (SSSR count). The number of phosphoric ester groups is 1. The van der Waals surface area contributed by atoms with Crippen molar-refractivity contribution < 1.29 is 47.5 Å². The van der Waals surface area contributed by atoms with E-state index >= 15 is 0 Å². The van der Waals surface area contributed by atoms with E-state index in [-0.39, 0.29) is 19.4 Å². The Bertz CT molecular complexity index is 1260. The number of carbonyl (C=O) groups is 3. The van der Waals surface area contributed by atoms with E-state index in [4.69, 9.17) is 24.8 Å². The smallest absolute Gasteiger partial charge is 0.472 e. The predicted molar refractivity (Wildman–Crippen MR) is 235 cm³/mol. The van der Waals surface area contributed by atoms with Gasteiger partial charge in [0, 0.05) is 12.8 Å². The number of phosphoric acid groups is 1. The summed E-state index contributed by atoms with van der Waals surface area (Å²) in [4.78, 5) is 45.9. The molecule has 0 aliphatic rings. The monoisotopic (exact) mass is 836 g/mol. The van der Waals surface area contributed by atoms with Crippen molar-refractivity contribution in [2.75, 3.05) is 19.8 Å². The zero-order valence-electron chi connectivity index (χ0n) is 35.9. The van der Waals surface area contributed by atoms with Crippen molar-refractivity contribution in [2.45, 2.75) is 180 Å². The standard InChI is InChI=1S/C46H78NO10P/c1-3-5-7-9-11-13-15-17-18-19-20-21-22-23-24-26-27-29-31-33-35-37-44(48)54-39-42(40-55-58(52,53)56-41-43(47)46(50)51)57-45(49)38-36-34-32-30-28-25-16-14-12-10-8-6-4-2/h5-8,10-14,16-18,42-43H,3-4,9,15,19-41,47H2,1-2H3,(H,50,51)(H,52,53)/b7-5+,8-6+,12-10+,13-11+,16-14+,18-17+/t42?,43-/m0/s1. The van der Waals surface area contributed by atoms with Crippen molar-refractivity contribution in [1.29, 1.82) is 0 Å². The number of nitrogens with two attached hydrogens (primary N) is 1. The maximum absolute atomic E-state index is 12.6. The molecule has 3 atom stereocenters. The Kier molecular flexibility index (Phi) is 38.5. The van der Waals surface area contributed by atoms with Crippen LogP contribution in [0.4, 0.5) is 0 Å². The first-order valence-electron chi connectivity index (χ1n) is 22.0.